The van der Waals surface area contributed by atoms with Crippen LogP contribution in [0.4, 0.5) is 5.69 Å². The van der Waals surface area contributed by atoms with Crippen molar-refractivity contribution < 1.29 is 9.53 Å². The number of nitrogens with zero attached hydrogens (tertiary/aromatic N) is 1. The molecule has 0 atom stereocenters. The van der Waals surface area contributed by atoms with Gasteiger partial charge in [-0.3, -0.25) is 4.79 Å². The van der Waals surface area contributed by atoms with Gasteiger partial charge in [0.25, 0.3) is 5.91 Å². The Balaban J connectivity index is 1.79. The Bertz CT molecular complexity index is 839. The highest BCUT2D eigenvalue weighted by molar-refractivity contribution is 6.02. The van der Waals surface area contributed by atoms with Crippen LogP contribution in [-0.4, -0.2) is 22.5 Å². The first-order chi connectivity index (χ1) is 12.2. The second-order valence-corrected chi connectivity index (χ2v) is 5.54. The predicted molar refractivity (Wildman–Crippen MR) is 99.0 cm³/mol. The van der Waals surface area contributed by atoms with Gasteiger partial charge in [0.15, 0.2) is 5.82 Å². The summed E-state index contributed by atoms with van der Waals surface area (Å²) in [6, 6.07) is 17.1. The molecule has 3 aromatic rings. The van der Waals surface area contributed by atoms with E-state index in [-0.39, 0.29) is 5.91 Å². The van der Waals surface area contributed by atoms with Gasteiger partial charge in [0, 0.05) is 16.9 Å². The van der Waals surface area contributed by atoms with Gasteiger partial charge >= 0.3 is 0 Å². The van der Waals surface area contributed by atoms with Crippen molar-refractivity contribution in [2.75, 3.05) is 11.9 Å². The first kappa shape index (κ1) is 16.8. The van der Waals surface area contributed by atoms with E-state index in [1.54, 1.807) is 0 Å². The highest BCUT2D eigenvalue weighted by Gasteiger charge is 2.16. The predicted octanol–water partition coefficient (Wildman–Crippen LogP) is 4.29. The summed E-state index contributed by atoms with van der Waals surface area (Å²) in [7, 11) is 0. The van der Waals surface area contributed by atoms with Gasteiger partial charge in [-0.15, -0.1) is 0 Å². The van der Waals surface area contributed by atoms with Crippen molar-refractivity contribution in [2.24, 2.45) is 0 Å². The first-order valence-corrected chi connectivity index (χ1v) is 8.39. The Hall–Kier alpha value is -3.08. The Morgan fingerprint density at radius 2 is 1.80 bits per heavy atom. The van der Waals surface area contributed by atoms with Gasteiger partial charge in [-0.05, 0) is 37.6 Å². The van der Waals surface area contributed by atoms with E-state index < -0.39 is 0 Å². The van der Waals surface area contributed by atoms with Crippen LogP contribution in [0, 0.1) is 0 Å². The number of anilines is 1. The molecule has 0 unspecified atom stereocenters. The number of hydrogen-bond acceptors (Lipinski definition) is 3. The van der Waals surface area contributed by atoms with Crippen molar-refractivity contribution >= 4 is 11.6 Å². The summed E-state index contributed by atoms with van der Waals surface area (Å²) in [6.07, 6.45) is 0.771. The molecule has 0 aliphatic rings. The van der Waals surface area contributed by atoms with Crippen LogP contribution in [0.5, 0.6) is 5.75 Å². The average Bonchev–Trinajstić information content (AvgIpc) is 3.09. The number of carbonyl (C=O) groups excluding carboxylic acids is 1. The molecule has 3 rings (SSSR count). The minimum absolute atomic E-state index is 0.263. The van der Waals surface area contributed by atoms with E-state index in [0.29, 0.717) is 18.1 Å². The Morgan fingerprint density at radius 3 is 2.44 bits per heavy atom. The third-order valence-electron chi connectivity index (χ3n) is 3.82. The lowest BCUT2D eigenvalue weighted by Gasteiger charge is -2.05. The molecular weight excluding hydrogens is 314 g/mol. The van der Waals surface area contributed by atoms with Gasteiger partial charge in [-0.2, -0.15) is 0 Å². The molecule has 25 heavy (non-hydrogen) atoms. The molecule has 1 amide bonds. The number of ether oxygens (including phenoxy) is 1. The van der Waals surface area contributed by atoms with Crippen LogP contribution in [0.1, 0.15) is 30.2 Å². The highest BCUT2D eigenvalue weighted by Crippen LogP contribution is 2.22. The zero-order valence-electron chi connectivity index (χ0n) is 14.4. The number of benzene rings is 2. The van der Waals surface area contributed by atoms with Crippen molar-refractivity contribution in [3.63, 3.8) is 0 Å². The molecule has 0 bridgehead atoms. The molecule has 0 aliphatic carbocycles. The maximum Gasteiger partial charge on any atom is 0.291 e. The minimum atomic E-state index is -0.263. The van der Waals surface area contributed by atoms with Gasteiger partial charge in [0.2, 0.25) is 0 Å². The Labute approximate surface area is 147 Å². The van der Waals surface area contributed by atoms with Gasteiger partial charge in [-0.25, -0.2) is 4.98 Å². The number of imidazole rings is 1. The minimum Gasteiger partial charge on any atom is -0.494 e. The number of rotatable bonds is 6. The van der Waals surface area contributed by atoms with E-state index in [9.17, 15) is 4.79 Å². The zero-order chi connectivity index (χ0) is 17.6. The molecule has 5 nitrogen and oxygen atoms in total. The lowest BCUT2D eigenvalue weighted by molar-refractivity contribution is 0.101. The van der Waals surface area contributed by atoms with Gasteiger partial charge < -0.3 is 15.0 Å². The molecular formula is C20H21N3O2. The maximum atomic E-state index is 12.5. The first-order valence-electron chi connectivity index (χ1n) is 8.39. The molecule has 0 radical (unpaired) electrons. The molecule has 1 aromatic heterocycles. The van der Waals surface area contributed by atoms with Crippen LogP contribution in [0.2, 0.25) is 0 Å². The van der Waals surface area contributed by atoms with Crippen LogP contribution in [0.15, 0.2) is 54.6 Å². The van der Waals surface area contributed by atoms with Crippen molar-refractivity contribution in [1.29, 1.82) is 0 Å². The van der Waals surface area contributed by atoms with Crippen LogP contribution >= 0.6 is 0 Å². The molecule has 5 heteroatoms. The second-order valence-electron chi connectivity index (χ2n) is 5.54. The number of nitrogens with one attached hydrogen (secondary N) is 2. The molecule has 128 valence electrons. The summed E-state index contributed by atoms with van der Waals surface area (Å²) in [5.74, 6) is 0.823. The fourth-order valence-corrected chi connectivity index (χ4v) is 2.60. The average molecular weight is 335 g/mol. The number of aromatic nitrogens is 2. The molecule has 0 fully saturated rings. The lowest BCUT2D eigenvalue weighted by atomic mass is 10.1. The SMILES string of the molecule is CCOc1ccc(NC(=O)c2nc(-c3ccccc3)c(CC)[nH]2)cc1. The Morgan fingerprint density at radius 1 is 1.08 bits per heavy atom. The Kier molecular flexibility index (Phi) is 5.14. The summed E-state index contributed by atoms with van der Waals surface area (Å²) < 4.78 is 5.40. The van der Waals surface area contributed by atoms with Crippen LogP contribution in [0.3, 0.4) is 0 Å². The van der Waals surface area contributed by atoms with Crippen LogP contribution in [0.25, 0.3) is 11.3 Å². The molecule has 0 saturated heterocycles. The molecule has 2 aromatic carbocycles. The normalized spacial score (nSPS) is 10.5. The maximum absolute atomic E-state index is 12.5. The largest absolute Gasteiger partial charge is 0.494 e. The molecule has 0 spiro atoms. The van der Waals surface area contributed by atoms with Gasteiger partial charge in [0.1, 0.15) is 5.75 Å². The number of H-pyrrole nitrogens is 1. The van der Waals surface area contributed by atoms with E-state index in [0.717, 1.165) is 29.1 Å². The van der Waals surface area contributed by atoms with Crippen LogP contribution < -0.4 is 10.1 Å². The van der Waals surface area contributed by atoms with Crippen molar-refractivity contribution in [2.45, 2.75) is 20.3 Å². The number of amides is 1. The number of aryl methyl sites for hydroxylation is 1. The summed E-state index contributed by atoms with van der Waals surface area (Å²) in [6.45, 7) is 4.58. The number of aromatic amines is 1. The second kappa shape index (κ2) is 7.66. The summed E-state index contributed by atoms with van der Waals surface area (Å²) in [4.78, 5) is 20.1. The molecule has 1 heterocycles. The molecule has 0 saturated carbocycles. The quantitative estimate of drug-likeness (QED) is 0.706. The highest BCUT2D eigenvalue weighted by atomic mass is 16.5. The monoisotopic (exact) mass is 335 g/mol. The van der Waals surface area contributed by atoms with Crippen molar-refractivity contribution in [3.8, 4) is 17.0 Å². The van der Waals surface area contributed by atoms with E-state index in [1.807, 2.05) is 68.4 Å². The summed E-state index contributed by atoms with van der Waals surface area (Å²) in [5, 5.41) is 2.86. The van der Waals surface area contributed by atoms with Gasteiger partial charge in [-0.1, -0.05) is 37.3 Å². The van der Waals surface area contributed by atoms with Gasteiger partial charge in [0.05, 0.1) is 12.3 Å². The number of hydrogen-bond donors (Lipinski definition) is 2. The third kappa shape index (κ3) is 3.88. The van der Waals surface area contributed by atoms with Crippen LogP contribution in [-0.2, 0) is 6.42 Å². The summed E-state index contributed by atoms with van der Waals surface area (Å²) in [5.41, 5.74) is 3.46. The van der Waals surface area contributed by atoms with Crippen molar-refractivity contribution in [1.82, 2.24) is 9.97 Å². The van der Waals surface area contributed by atoms with E-state index in [4.69, 9.17) is 4.74 Å². The fraction of sp³-hybridized carbons (Fsp3) is 0.200. The molecule has 2 N–H and O–H groups in total. The standard InChI is InChI=1S/C20H21N3O2/c1-3-17-18(14-8-6-5-7-9-14)23-19(22-17)20(24)21-15-10-12-16(13-11-15)25-4-2/h5-13H,3-4H2,1-2H3,(H,21,24)(H,22,23). The summed E-state index contributed by atoms with van der Waals surface area (Å²) >= 11 is 0. The van der Waals surface area contributed by atoms with Crippen molar-refractivity contribution in [3.05, 3.63) is 66.1 Å². The lowest BCUT2D eigenvalue weighted by Crippen LogP contribution is -2.13. The van der Waals surface area contributed by atoms with E-state index >= 15 is 0 Å². The molecule has 0 aliphatic heterocycles. The van der Waals surface area contributed by atoms with E-state index in [1.165, 1.54) is 0 Å². The smallest absolute Gasteiger partial charge is 0.291 e. The number of carbonyl (C=O) groups is 1. The fourth-order valence-electron chi connectivity index (χ4n) is 2.60. The topological polar surface area (TPSA) is 67.0 Å². The third-order valence-corrected chi connectivity index (χ3v) is 3.82. The van der Waals surface area contributed by atoms with E-state index in [2.05, 4.69) is 15.3 Å². The zero-order valence-corrected chi connectivity index (χ0v) is 14.4.